The first-order valence-corrected chi connectivity index (χ1v) is 10.8. The standard InChI is InChI=1S/C20H18ClF2N3O3S/c21-10-6-14-19(24-13(10)5-4-9-11(22)2-1-3-12(9)23)26-20(25-14)30-16-8-29-17-15(27)7-28-18(16)17/h1-3,6,15-18,27H,4-5,7-8H2,(H,24,25,26)/t15-,16-,17-,18-/m1/s1. The molecule has 0 bridgehead atoms. The van der Waals surface area contributed by atoms with E-state index in [0.29, 0.717) is 33.6 Å². The summed E-state index contributed by atoms with van der Waals surface area (Å²) in [6.45, 7) is 0.734. The number of thioether (sulfide) groups is 1. The molecule has 1 aromatic carbocycles. The van der Waals surface area contributed by atoms with Crippen molar-refractivity contribution in [1.82, 2.24) is 15.0 Å². The van der Waals surface area contributed by atoms with Crippen LogP contribution in [0.4, 0.5) is 8.78 Å². The number of H-pyrrole nitrogens is 1. The van der Waals surface area contributed by atoms with Gasteiger partial charge in [0.1, 0.15) is 29.9 Å². The first kappa shape index (κ1) is 20.1. The van der Waals surface area contributed by atoms with E-state index in [4.69, 9.17) is 21.1 Å². The molecular weight excluding hydrogens is 436 g/mol. The molecule has 2 aliphatic rings. The van der Waals surface area contributed by atoms with E-state index in [9.17, 15) is 13.9 Å². The van der Waals surface area contributed by atoms with E-state index in [2.05, 4.69) is 15.0 Å². The normalized spacial score (nSPS) is 25.9. The third-order valence-corrected chi connectivity index (χ3v) is 6.85. The number of aryl methyl sites for hydroxylation is 1. The Bertz CT molecular complexity index is 1080. The summed E-state index contributed by atoms with van der Waals surface area (Å²) in [5.74, 6) is -1.16. The van der Waals surface area contributed by atoms with Gasteiger partial charge in [0.15, 0.2) is 10.8 Å². The fraction of sp³-hybridized carbons (Fsp3) is 0.400. The van der Waals surface area contributed by atoms with Gasteiger partial charge in [0.25, 0.3) is 0 Å². The van der Waals surface area contributed by atoms with Gasteiger partial charge in [0, 0.05) is 5.56 Å². The molecule has 2 aliphatic heterocycles. The lowest BCUT2D eigenvalue weighted by atomic mass is 10.1. The number of hydrogen-bond donors (Lipinski definition) is 2. The molecule has 2 N–H and O–H groups in total. The van der Waals surface area contributed by atoms with Crippen LogP contribution in [0.3, 0.4) is 0 Å². The second kappa shape index (κ2) is 8.05. The number of pyridine rings is 1. The fourth-order valence-corrected chi connectivity index (χ4v) is 5.22. The van der Waals surface area contributed by atoms with Crippen LogP contribution in [0.2, 0.25) is 5.02 Å². The molecule has 0 spiro atoms. The largest absolute Gasteiger partial charge is 0.388 e. The number of aliphatic hydroxyl groups is 1. The van der Waals surface area contributed by atoms with Crippen molar-refractivity contribution in [3.63, 3.8) is 0 Å². The maximum atomic E-state index is 13.9. The molecule has 158 valence electrons. The SMILES string of the molecule is O[C@@H]1CO[C@H]2[C@@H]1OC[C@H]2Sc1nc2nc(CCc3c(F)cccc3F)c(Cl)cc2[nH]1. The molecule has 4 heterocycles. The van der Waals surface area contributed by atoms with Crippen LogP contribution in [0.25, 0.3) is 11.2 Å². The van der Waals surface area contributed by atoms with Gasteiger partial charge in [-0.1, -0.05) is 29.4 Å². The second-order valence-corrected chi connectivity index (χ2v) is 8.98. The van der Waals surface area contributed by atoms with E-state index in [1.54, 1.807) is 6.07 Å². The first-order valence-electron chi connectivity index (χ1n) is 9.55. The highest BCUT2D eigenvalue weighted by molar-refractivity contribution is 7.99. The van der Waals surface area contributed by atoms with Crippen LogP contribution in [0, 0.1) is 11.6 Å². The third kappa shape index (κ3) is 3.69. The van der Waals surface area contributed by atoms with Crippen molar-refractivity contribution in [2.75, 3.05) is 13.2 Å². The Morgan fingerprint density at radius 3 is 2.70 bits per heavy atom. The Kier molecular flexibility index (Phi) is 5.40. The smallest absolute Gasteiger partial charge is 0.178 e. The van der Waals surface area contributed by atoms with Gasteiger partial charge in [-0.3, -0.25) is 0 Å². The van der Waals surface area contributed by atoms with Crippen LogP contribution in [-0.4, -0.2) is 56.8 Å². The van der Waals surface area contributed by atoms with Crippen molar-refractivity contribution in [3.8, 4) is 0 Å². The van der Waals surface area contributed by atoms with E-state index in [-0.39, 0.29) is 42.5 Å². The predicted octanol–water partition coefficient (Wildman–Crippen LogP) is 3.29. The van der Waals surface area contributed by atoms with Crippen LogP contribution in [0.1, 0.15) is 11.3 Å². The first-order chi connectivity index (χ1) is 14.5. The summed E-state index contributed by atoms with van der Waals surface area (Å²) in [4.78, 5) is 12.2. The molecule has 10 heteroatoms. The maximum absolute atomic E-state index is 13.9. The molecular formula is C20H18ClF2N3O3S. The summed E-state index contributed by atoms with van der Waals surface area (Å²) in [5.41, 5.74) is 1.70. The predicted molar refractivity (Wildman–Crippen MR) is 108 cm³/mol. The summed E-state index contributed by atoms with van der Waals surface area (Å²) < 4.78 is 39.0. The van der Waals surface area contributed by atoms with Gasteiger partial charge >= 0.3 is 0 Å². The molecule has 0 saturated carbocycles. The molecule has 0 unspecified atom stereocenters. The van der Waals surface area contributed by atoms with Crippen LogP contribution < -0.4 is 0 Å². The number of nitrogens with zero attached hydrogens (tertiary/aromatic N) is 2. The highest BCUT2D eigenvalue weighted by atomic mass is 35.5. The zero-order valence-electron chi connectivity index (χ0n) is 15.6. The van der Waals surface area contributed by atoms with Crippen molar-refractivity contribution in [1.29, 1.82) is 0 Å². The number of halogens is 3. The molecule has 0 aliphatic carbocycles. The van der Waals surface area contributed by atoms with Crippen LogP contribution in [0.5, 0.6) is 0 Å². The average molecular weight is 454 g/mol. The number of aromatic amines is 1. The van der Waals surface area contributed by atoms with Gasteiger partial charge < -0.3 is 19.6 Å². The van der Waals surface area contributed by atoms with Crippen LogP contribution in [-0.2, 0) is 22.3 Å². The highest BCUT2D eigenvalue weighted by Gasteiger charge is 2.47. The van der Waals surface area contributed by atoms with Crippen molar-refractivity contribution in [2.24, 2.45) is 0 Å². The lowest BCUT2D eigenvalue weighted by Gasteiger charge is -2.13. The van der Waals surface area contributed by atoms with E-state index < -0.39 is 17.7 Å². The van der Waals surface area contributed by atoms with Gasteiger partial charge in [-0.15, -0.1) is 0 Å². The average Bonchev–Trinajstić information content (AvgIpc) is 3.39. The fourth-order valence-electron chi connectivity index (χ4n) is 3.87. The minimum absolute atomic E-state index is 0.00619. The Hall–Kier alpha value is -1.78. The van der Waals surface area contributed by atoms with E-state index in [1.807, 2.05) is 0 Å². The van der Waals surface area contributed by atoms with Crippen molar-refractivity contribution < 1.29 is 23.4 Å². The Morgan fingerprint density at radius 1 is 1.13 bits per heavy atom. The van der Waals surface area contributed by atoms with Gasteiger partial charge in [-0.25, -0.2) is 18.7 Å². The van der Waals surface area contributed by atoms with Crippen LogP contribution in [0.15, 0.2) is 29.4 Å². The number of nitrogens with one attached hydrogen (secondary N) is 1. The van der Waals surface area contributed by atoms with Gasteiger partial charge in [-0.2, -0.15) is 0 Å². The zero-order chi connectivity index (χ0) is 20.8. The molecule has 4 atom stereocenters. The quantitative estimate of drug-likeness (QED) is 0.617. The number of aliphatic hydroxyl groups excluding tert-OH is 1. The lowest BCUT2D eigenvalue weighted by molar-refractivity contribution is 0.0188. The summed E-state index contributed by atoms with van der Waals surface area (Å²) in [5, 5.41) is 10.9. The van der Waals surface area contributed by atoms with Gasteiger partial charge in [-0.05, 0) is 31.0 Å². The topological polar surface area (TPSA) is 80.3 Å². The van der Waals surface area contributed by atoms with Crippen molar-refractivity contribution in [3.05, 3.63) is 52.2 Å². The lowest BCUT2D eigenvalue weighted by Crippen LogP contribution is -2.29. The van der Waals surface area contributed by atoms with E-state index in [0.717, 1.165) is 0 Å². The monoisotopic (exact) mass is 453 g/mol. The summed E-state index contributed by atoms with van der Waals surface area (Å²) in [6, 6.07) is 5.53. The van der Waals surface area contributed by atoms with Crippen molar-refractivity contribution >= 4 is 34.5 Å². The number of ether oxygens (including phenoxy) is 2. The third-order valence-electron chi connectivity index (χ3n) is 5.40. The Morgan fingerprint density at radius 2 is 1.90 bits per heavy atom. The molecule has 30 heavy (non-hydrogen) atoms. The molecule has 2 fully saturated rings. The van der Waals surface area contributed by atoms with Gasteiger partial charge in [0.05, 0.1) is 34.7 Å². The van der Waals surface area contributed by atoms with Crippen LogP contribution >= 0.6 is 23.4 Å². The maximum Gasteiger partial charge on any atom is 0.178 e. The molecule has 5 rings (SSSR count). The molecule has 2 aromatic heterocycles. The van der Waals surface area contributed by atoms with Gasteiger partial charge in [0.2, 0.25) is 0 Å². The van der Waals surface area contributed by atoms with Crippen molar-refractivity contribution in [2.45, 2.75) is 41.6 Å². The number of fused-ring (bicyclic) bond motifs is 2. The molecule has 3 aromatic rings. The molecule has 0 radical (unpaired) electrons. The number of benzene rings is 1. The minimum atomic E-state index is -0.599. The minimum Gasteiger partial charge on any atom is -0.388 e. The molecule has 6 nitrogen and oxygen atoms in total. The Labute approximate surface area is 180 Å². The second-order valence-electron chi connectivity index (χ2n) is 7.35. The van der Waals surface area contributed by atoms with E-state index in [1.165, 1.54) is 30.0 Å². The number of imidazole rings is 1. The summed E-state index contributed by atoms with van der Waals surface area (Å²) in [7, 11) is 0. The summed E-state index contributed by atoms with van der Waals surface area (Å²) >= 11 is 7.82. The summed E-state index contributed by atoms with van der Waals surface area (Å²) in [6.07, 6.45) is -0.650. The molecule has 0 amide bonds. The zero-order valence-corrected chi connectivity index (χ0v) is 17.2. The molecule has 2 saturated heterocycles. The Balaban J connectivity index is 1.33. The number of aromatic nitrogens is 3. The number of rotatable bonds is 5. The highest BCUT2D eigenvalue weighted by Crippen LogP contribution is 2.37. The number of hydrogen-bond acceptors (Lipinski definition) is 6. The van der Waals surface area contributed by atoms with E-state index >= 15 is 0 Å².